The highest BCUT2D eigenvalue weighted by atomic mass is 35.5. The minimum Gasteiger partial charge on any atom is -0.352 e. The Labute approximate surface area is 102 Å². The minimum absolute atomic E-state index is 0. The summed E-state index contributed by atoms with van der Waals surface area (Å²) in [7, 11) is 0. The molecule has 0 aliphatic heterocycles. The lowest BCUT2D eigenvalue weighted by Gasteiger charge is -2.14. The molecule has 0 aromatic heterocycles. The Morgan fingerprint density at radius 1 is 1.44 bits per heavy atom. The van der Waals surface area contributed by atoms with Crippen molar-refractivity contribution in [1.29, 1.82) is 0 Å². The predicted octanol–water partition coefficient (Wildman–Crippen LogP) is 1.45. The van der Waals surface area contributed by atoms with Gasteiger partial charge in [0.05, 0.1) is 5.92 Å². The maximum Gasteiger partial charge on any atom is 0.229 e. The summed E-state index contributed by atoms with van der Waals surface area (Å²) < 4.78 is 0. The second-order valence-electron chi connectivity index (χ2n) is 3.23. The van der Waals surface area contributed by atoms with Gasteiger partial charge < -0.3 is 11.1 Å². The van der Waals surface area contributed by atoms with Crippen LogP contribution in [0.2, 0.25) is 0 Å². The van der Waals surface area contributed by atoms with Crippen molar-refractivity contribution in [2.45, 2.75) is 5.92 Å². The van der Waals surface area contributed by atoms with Gasteiger partial charge in [0.25, 0.3) is 0 Å². The van der Waals surface area contributed by atoms with E-state index in [1.54, 1.807) is 6.08 Å². The highest BCUT2D eigenvalue weighted by Crippen LogP contribution is 2.13. The van der Waals surface area contributed by atoms with Crippen LogP contribution in [0, 0.1) is 0 Å². The first kappa shape index (κ1) is 14.7. The first-order chi connectivity index (χ1) is 7.29. The molecule has 0 fully saturated rings. The molecule has 88 valence electrons. The van der Waals surface area contributed by atoms with E-state index in [4.69, 9.17) is 5.73 Å². The van der Waals surface area contributed by atoms with Gasteiger partial charge in [0, 0.05) is 13.1 Å². The van der Waals surface area contributed by atoms with Gasteiger partial charge in [-0.25, -0.2) is 0 Å². The standard InChI is InChI=1S/C12H16N2O.ClH/c1-2-8-14-12(15)11(9-13)10-6-4-3-5-7-10;/h2-7,11H,1,8-9,13H2,(H,14,15);1H. The molecule has 3 nitrogen and oxygen atoms in total. The minimum atomic E-state index is -0.272. The molecule has 1 aromatic rings. The Morgan fingerprint density at radius 2 is 2.06 bits per heavy atom. The number of carbonyl (C=O) groups excluding carboxylic acids is 1. The van der Waals surface area contributed by atoms with E-state index < -0.39 is 0 Å². The van der Waals surface area contributed by atoms with Crippen LogP contribution in [0.25, 0.3) is 0 Å². The smallest absolute Gasteiger partial charge is 0.229 e. The van der Waals surface area contributed by atoms with Crippen molar-refractivity contribution >= 4 is 18.3 Å². The molecule has 0 saturated carbocycles. The number of hydrogen-bond acceptors (Lipinski definition) is 2. The molecule has 1 amide bonds. The molecular weight excluding hydrogens is 224 g/mol. The van der Waals surface area contributed by atoms with Gasteiger partial charge in [0.15, 0.2) is 0 Å². The Hall–Kier alpha value is -1.32. The number of carbonyl (C=O) groups is 1. The van der Waals surface area contributed by atoms with Gasteiger partial charge in [-0.1, -0.05) is 36.4 Å². The van der Waals surface area contributed by atoms with Gasteiger partial charge in [0.1, 0.15) is 0 Å². The van der Waals surface area contributed by atoms with Crippen LogP contribution in [-0.2, 0) is 4.79 Å². The number of nitrogens with one attached hydrogen (secondary N) is 1. The van der Waals surface area contributed by atoms with Gasteiger partial charge in [-0.05, 0) is 5.56 Å². The van der Waals surface area contributed by atoms with Crippen molar-refractivity contribution in [3.05, 3.63) is 48.6 Å². The van der Waals surface area contributed by atoms with E-state index in [-0.39, 0.29) is 24.2 Å². The SMILES string of the molecule is C=CCNC(=O)C(CN)c1ccccc1.Cl. The molecule has 0 bridgehead atoms. The second kappa shape index (κ2) is 7.91. The van der Waals surface area contributed by atoms with Crippen LogP contribution in [0.15, 0.2) is 43.0 Å². The summed E-state index contributed by atoms with van der Waals surface area (Å²) in [6.07, 6.45) is 1.65. The largest absolute Gasteiger partial charge is 0.352 e. The fourth-order valence-electron chi connectivity index (χ4n) is 1.38. The second-order valence-corrected chi connectivity index (χ2v) is 3.23. The lowest BCUT2D eigenvalue weighted by Crippen LogP contribution is -2.33. The summed E-state index contributed by atoms with van der Waals surface area (Å²) in [4.78, 5) is 11.7. The van der Waals surface area contributed by atoms with E-state index in [0.717, 1.165) is 5.56 Å². The lowest BCUT2D eigenvalue weighted by molar-refractivity contribution is -0.122. The van der Waals surface area contributed by atoms with Crippen molar-refractivity contribution in [3.8, 4) is 0 Å². The van der Waals surface area contributed by atoms with Crippen LogP contribution in [0.4, 0.5) is 0 Å². The van der Waals surface area contributed by atoms with Crippen LogP contribution in [0.1, 0.15) is 11.5 Å². The highest BCUT2D eigenvalue weighted by Gasteiger charge is 2.17. The molecule has 0 aliphatic carbocycles. The molecule has 1 unspecified atom stereocenters. The summed E-state index contributed by atoms with van der Waals surface area (Å²) in [6, 6.07) is 9.53. The molecule has 0 radical (unpaired) electrons. The average molecular weight is 241 g/mol. The molecule has 0 heterocycles. The monoisotopic (exact) mass is 240 g/mol. The summed E-state index contributed by atoms with van der Waals surface area (Å²) in [5.41, 5.74) is 6.54. The van der Waals surface area contributed by atoms with Crippen LogP contribution in [0.3, 0.4) is 0 Å². The zero-order valence-corrected chi connectivity index (χ0v) is 9.87. The van der Waals surface area contributed by atoms with Gasteiger partial charge in [-0.3, -0.25) is 4.79 Å². The summed E-state index contributed by atoms with van der Waals surface area (Å²) in [5.74, 6) is -0.324. The fraction of sp³-hybridized carbons (Fsp3) is 0.250. The molecule has 1 atom stereocenters. The predicted molar refractivity (Wildman–Crippen MR) is 68.7 cm³/mol. The zero-order valence-electron chi connectivity index (χ0n) is 9.06. The number of nitrogens with two attached hydrogens (primary N) is 1. The van der Waals surface area contributed by atoms with Gasteiger partial charge in [0.2, 0.25) is 5.91 Å². The Bertz CT molecular complexity index is 327. The third kappa shape index (κ3) is 4.04. The van der Waals surface area contributed by atoms with E-state index in [1.807, 2.05) is 30.3 Å². The van der Waals surface area contributed by atoms with E-state index in [0.29, 0.717) is 13.1 Å². The fourth-order valence-corrected chi connectivity index (χ4v) is 1.38. The van der Waals surface area contributed by atoms with Crippen LogP contribution >= 0.6 is 12.4 Å². The van der Waals surface area contributed by atoms with Crippen LogP contribution in [-0.4, -0.2) is 19.0 Å². The molecule has 16 heavy (non-hydrogen) atoms. The van der Waals surface area contributed by atoms with Gasteiger partial charge in [-0.2, -0.15) is 0 Å². The van der Waals surface area contributed by atoms with Gasteiger partial charge >= 0.3 is 0 Å². The van der Waals surface area contributed by atoms with E-state index in [1.165, 1.54) is 0 Å². The number of hydrogen-bond donors (Lipinski definition) is 2. The van der Waals surface area contributed by atoms with Crippen molar-refractivity contribution < 1.29 is 4.79 Å². The van der Waals surface area contributed by atoms with Gasteiger partial charge in [-0.15, -0.1) is 19.0 Å². The van der Waals surface area contributed by atoms with Crippen LogP contribution < -0.4 is 11.1 Å². The van der Waals surface area contributed by atoms with E-state index >= 15 is 0 Å². The lowest BCUT2D eigenvalue weighted by atomic mass is 9.98. The maximum atomic E-state index is 11.7. The van der Waals surface area contributed by atoms with Crippen molar-refractivity contribution in [2.75, 3.05) is 13.1 Å². The topological polar surface area (TPSA) is 55.1 Å². The normalized spacial score (nSPS) is 11.1. The molecule has 4 heteroatoms. The molecule has 0 saturated heterocycles. The van der Waals surface area contributed by atoms with Crippen LogP contribution in [0.5, 0.6) is 0 Å². The summed E-state index contributed by atoms with van der Waals surface area (Å²) >= 11 is 0. The van der Waals surface area contributed by atoms with E-state index in [9.17, 15) is 4.79 Å². The third-order valence-corrected chi connectivity index (χ3v) is 2.17. The first-order valence-electron chi connectivity index (χ1n) is 4.93. The van der Waals surface area contributed by atoms with Crippen molar-refractivity contribution in [2.24, 2.45) is 5.73 Å². The number of benzene rings is 1. The molecular formula is C12H17ClN2O. The van der Waals surface area contributed by atoms with E-state index in [2.05, 4.69) is 11.9 Å². The molecule has 0 aliphatic rings. The molecule has 1 aromatic carbocycles. The van der Waals surface area contributed by atoms with Crippen molar-refractivity contribution in [3.63, 3.8) is 0 Å². The molecule has 3 N–H and O–H groups in total. The molecule has 0 spiro atoms. The Morgan fingerprint density at radius 3 is 2.56 bits per heavy atom. The Kier molecular flexibility index (Phi) is 7.25. The zero-order chi connectivity index (χ0) is 11.1. The summed E-state index contributed by atoms with van der Waals surface area (Å²) in [5, 5.41) is 2.74. The van der Waals surface area contributed by atoms with Crippen molar-refractivity contribution in [1.82, 2.24) is 5.32 Å². The quantitative estimate of drug-likeness (QED) is 0.766. The number of rotatable bonds is 5. The maximum absolute atomic E-state index is 11.7. The Balaban J connectivity index is 0.00000225. The third-order valence-electron chi connectivity index (χ3n) is 2.17. The first-order valence-corrected chi connectivity index (χ1v) is 4.93. The summed E-state index contributed by atoms with van der Waals surface area (Å²) in [6.45, 7) is 4.33. The average Bonchev–Trinajstić information content (AvgIpc) is 2.29. The number of amides is 1. The number of halogens is 1. The molecule has 1 rings (SSSR count). The highest BCUT2D eigenvalue weighted by molar-refractivity contribution is 5.85.